The minimum absolute atomic E-state index is 0.0244. The first-order valence-corrected chi connectivity index (χ1v) is 7.59. The van der Waals surface area contributed by atoms with Crippen LogP contribution in [0.2, 0.25) is 0 Å². The summed E-state index contributed by atoms with van der Waals surface area (Å²) in [6.07, 6.45) is 11.0. The maximum absolute atomic E-state index is 12.1. The van der Waals surface area contributed by atoms with E-state index in [-0.39, 0.29) is 11.4 Å². The summed E-state index contributed by atoms with van der Waals surface area (Å²) in [5.41, 5.74) is 1.19. The Labute approximate surface area is 121 Å². The number of hydrogen-bond donors (Lipinski definition) is 2. The van der Waals surface area contributed by atoms with Crippen molar-refractivity contribution in [3.05, 3.63) is 30.1 Å². The van der Waals surface area contributed by atoms with E-state index >= 15 is 0 Å². The van der Waals surface area contributed by atoms with Gasteiger partial charge in [0.2, 0.25) is 5.91 Å². The van der Waals surface area contributed by atoms with E-state index in [0.717, 1.165) is 24.8 Å². The normalized spacial score (nSPS) is 17.6. The van der Waals surface area contributed by atoms with Gasteiger partial charge in [-0.1, -0.05) is 25.3 Å². The third kappa shape index (κ3) is 4.30. The van der Waals surface area contributed by atoms with E-state index < -0.39 is 0 Å². The topological polar surface area (TPSA) is 54.0 Å². The van der Waals surface area contributed by atoms with Crippen LogP contribution in [0.3, 0.4) is 0 Å². The highest BCUT2D eigenvalue weighted by atomic mass is 16.1. The Morgan fingerprint density at radius 3 is 2.80 bits per heavy atom. The van der Waals surface area contributed by atoms with Crippen LogP contribution in [0.4, 0.5) is 0 Å². The molecule has 1 aromatic rings. The van der Waals surface area contributed by atoms with E-state index in [4.69, 9.17) is 0 Å². The summed E-state index contributed by atoms with van der Waals surface area (Å²) in [5, 5.41) is 6.42. The van der Waals surface area contributed by atoms with Crippen LogP contribution in [-0.2, 0) is 11.2 Å². The molecule has 110 valence electrons. The Morgan fingerprint density at radius 2 is 2.15 bits per heavy atom. The molecule has 0 aromatic carbocycles. The van der Waals surface area contributed by atoms with Crippen molar-refractivity contribution in [3.8, 4) is 0 Å². The van der Waals surface area contributed by atoms with Gasteiger partial charge < -0.3 is 10.6 Å². The van der Waals surface area contributed by atoms with Crippen LogP contribution < -0.4 is 10.6 Å². The molecule has 2 rings (SSSR count). The van der Waals surface area contributed by atoms with E-state index in [1.807, 2.05) is 25.4 Å². The highest BCUT2D eigenvalue weighted by Gasteiger charge is 2.32. The Balaban J connectivity index is 1.74. The first kappa shape index (κ1) is 15.0. The fraction of sp³-hybridized carbons (Fsp3) is 0.625. The second kappa shape index (κ2) is 7.39. The van der Waals surface area contributed by atoms with Gasteiger partial charge in [0.1, 0.15) is 0 Å². The minimum atomic E-state index is 0.0244. The fourth-order valence-electron chi connectivity index (χ4n) is 3.01. The molecule has 0 aliphatic heterocycles. The molecular weight excluding hydrogens is 250 g/mol. The van der Waals surface area contributed by atoms with Gasteiger partial charge in [-0.05, 0) is 37.9 Å². The number of amides is 1. The zero-order valence-electron chi connectivity index (χ0n) is 12.3. The summed E-state index contributed by atoms with van der Waals surface area (Å²) in [6, 6.07) is 3.96. The lowest BCUT2D eigenvalue weighted by atomic mass is 9.79. The molecule has 1 aliphatic carbocycles. The van der Waals surface area contributed by atoms with Gasteiger partial charge in [0, 0.05) is 30.9 Å². The first-order chi connectivity index (χ1) is 9.74. The average molecular weight is 275 g/mol. The standard InChI is InChI=1S/C16H25N3O/c1-17-16(8-3-2-4-9-16)12-15(20)19-11-7-14-6-5-10-18-13-14/h5-6,10,13,17H,2-4,7-9,11-12H2,1H3,(H,19,20). The van der Waals surface area contributed by atoms with Crippen molar-refractivity contribution in [1.82, 2.24) is 15.6 Å². The molecule has 2 N–H and O–H groups in total. The minimum Gasteiger partial charge on any atom is -0.356 e. The molecule has 0 atom stereocenters. The quantitative estimate of drug-likeness (QED) is 0.835. The predicted octanol–water partition coefficient (Wildman–Crippen LogP) is 2.05. The highest BCUT2D eigenvalue weighted by Crippen LogP contribution is 2.30. The van der Waals surface area contributed by atoms with Crippen molar-refractivity contribution in [2.24, 2.45) is 0 Å². The zero-order chi connectivity index (χ0) is 14.3. The van der Waals surface area contributed by atoms with Crippen molar-refractivity contribution < 1.29 is 4.79 Å². The zero-order valence-corrected chi connectivity index (χ0v) is 12.3. The fourth-order valence-corrected chi connectivity index (χ4v) is 3.01. The molecule has 1 heterocycles. The smallest absolute Gasteiger partial charge is 0.221 e. The molecular formula is C16H25N3O. The Bertz CT molecular complexity index is 413. The van der Waals surface area contributed by atoms with Gasteiger partial charge in [-0.3, -0.25) is 9.78 Å². The molecule has 1 saturated carbocycles. The Kier molecular flexibility index (Phi) is 5.53. The molecule has 0 spiro atoms. The van der Waals surface area contributed by atoms with E-state index in [1.165, 1.54) is 19.3 Å². The number of aromatic nitrogens is 1. The third-order valence-corrected chi connectivity index (χ3v) is 4.30. The number of nitrogens with one attached hydrogen (secondary N) is 2. The van der Waals surface area contributed by atoms with Gasteiger partial charge in [-0.2, -0.15) is 0 Å². The van der Waals surface area contributed by atoms with Crippen LogP contribution in [0.5, 0.6) is 0 Å². The lowest BCUT2D eigenvalue weighted by Gasteiger charge is -2.36. The van der Waals surface area contributed by atoms with Gasteiger partial charge >= 0.3 is 0 Å². The number of nitrogens with zero attached hydrogens (tertiary/aromatic N) is 1. The molecule has 20 heavy (non-hydrogen) atoms. The van der Waals surface area contributed by atoms with Crippen molar-refractivity contribution in [2.45, 2.75) is 50.5 Å². The predicted molar refractivity (Wildman–Crippen MR) is 80.4 cm³/mol. The van der Waals surface area contributed by atoms with Crippen LogP contribution in [0.1, 0.15) is 44.1 Å². The van der Waals surface area contributed by atoms with Crippen molar-refractivity contribution in [3.63, 3.8) is 0 Å². The number of carbonyl (C=O) groups excluding carboxylic acids is 1. The largest absolute Gasteiger partial charge is 0.356 e. The van der Waals surface area contributed by atoms with E-state index in [1.54, 1.807) is 6.20 Å². The summed E-state index contributed by atoms with van der Waals surface area (Å²) in [4.78, 5) is 16.2. The summed E-state index contributed by atoms with van der Waals surface area (Å²) in [5.74, 6) is 0.158. The lowest BCUT2D eigenvalue weighted by molar-refractivity contribution is -0.122. The maximum Gasteiger partial charge on any atom is 0.221 e. The van der Waals surface area contributed by atoms with Gasteiger partial charge in [0.05, 0.1) is 0 Å². The number of pyridine rings is 1. The summed E-state index contributed by atoms with van der Waals surface area (Å²) in [6.45, 7) is 0.685. The molecule has 1 amide bonds. The molecule has 4 heteroatoms. The molecule has 0 saturated heterocycles. The van der Waals surface area contributed by atoms with Crippen molar-refractivity contribution >= 4 is 5.91 Å². The van der Waals surface area contributed by atoms with Gasteiger partial charge in [0.15, 0.2) is 0 Å². The first-order valence-electron chi connectivity index (χ1n) is 7.59. The molecule has 1 fully saturated rings. The molecule has 0 bridgehead atoms. The third-order valence-electron chi connectivity index (χ3n) is 4.30. The van der Waals surface area contributed by atoms with Crippen LogP contribution in [-0.4, -0.2) is 30.0 Å². The molecule has 0 radical (unpaired) electrons. The molecule has 4 nitrogen and oxygen atoms in total. The van der Waals surface area contributed by atoms with Gasteiger partial charge in [-0.25, -0.2) is 0 Å². The maximum atomic E-state index is 12.1. The summed E-state index contributed by atoms with van der Waals surface area (Å²) in [7, 11) is 1.98. The van der Waals surface area contributed by atoms with E-state index in [2.05, 4.69) is 15.6 Å². The summed E-state index contributed by atoms with van der Waals surface area (Å²) < 4.78 is 0. The second-order valence-electron chi connectivity index (χ2n) is 5.73. The Morgan fingerprint density at radius 1 is 1.35 bits per heavy atom. The van der Waals surface area contributed by atoms with Crippen molar-refractivity contribution in [2.75, 3.05) is 13.6 Å². The number of hydrogen-bond acceptors (Lipinski definition) is 3. The molecule has 0 unspecified atom stereocenters. The van der Waals surface area contributed by atoms with Crippen LogP contribution in [0.25, 0.3) is 0 Å². The molecule has 1 aromatic heterocycles. The highest BCUT2D eigenvalue weighted by molar-refractivity contribution is 5.77. The van der Waals surface area contributed by atoms with Crippen LogP contribution >= 0.6 is 0 Å². The Hall–Kier alpha value is -1.42. The lowest BCUT2D eigenvalue weighted by Crippen LogP contribution is -2.48. The number of carbonyl (C=O) groups is 1. The van der Waals surface area contributed by atoms with Crippen molar-refractivity contribution in [1.29, 1.82) is 0 Å². The summed E-state index contributed by atoms with van der Waals surface area (Å²) >= 11 is 0. The second-order valence-corrected chi connectivity index (χ2v) is 5.73. The van der Waals surface area contributed by atoms with Crippen LogP contribution in [0, 0.1) is 0 Å². The van der Waals surface area contributed by atoms with Gasteiger partial charge in [0.25, 0.3) is 0 Å². The molecule has 1 aliphatic rings. The van der Waals surface area contributed by atoms with E-state index in [9.17, 15) is 4.79 Å². The average Bonchev–Trinajstić information content (AvgIpc) is 2.49. The van der Waals surface area contributed by atoms with Crippen LogP contribution in [0.15, 0.2) is 24.5 Å². The monoisotopic (exact) mass is 275 g/mol. The van der Waals surface area contributed by atoms with E-state index in [0.29, 0.717) is 13.0 Å². The van der Waals surface area contributed by atoms with Gasteiger partial charge in [-0.15, -0.1) is 0 Å². The number of rotatable bonds is 6. The SMILES string of the molecule is CNC1(CC(=O)NCCc2cccnc2)CCCCC1.